The Balaban J connectivity index is 2.07. The van der Waals surface area contributed by atoms with E-state index in [-0.39, 0.29) is 5.82 Å². The van der Waals surface area contributed by atoms with Crippen molar-refractivity contribution in [1.82, 2.24) is 4.98 Å². The minimum absolute atomic E-state index is 0.240. The van der Waals surface area contributed by atoms with Gasteiger partial charge in [0.2, 0.25) is 0 Å². The maximum Gasteiger partial charge on any atom is 0.140 e. The van der Waals surface area contributed by atoms with Crippen LogP contribution in [0.4, 0.5) is 4.39 Å². The van der Waals surface area contributed by atoms with E-state index in [1.54, 1.807) is 17.4 Å². The van der Waals surface area contributed by atoms with E-state index in [2.05, 4.69) is 4.98 Å². The molecule has 0 aliphatic carbocycles. The number of rotatable bonds is 3. The van der Waals surface area contributed by atoms with Crippen molar-refractivity contribution < 1.29 is 9.13 Å². The summed E-state index contributed by atoms with van der Waals surface area (Å²) in [6.07, 6.45) is 0. The zero-order valence-corrected chi connectivity index (χ0v) is 10.9. The topological polar surface area (TPSA) is 22.1 Å². The van der Waals surface area contributed by atoms with Crippen molar-refractivity contribution in [2.45, 2.75) is 27.4 Å². The van der Waals surface area contributed by atoms with Crippen LogP contribution in [0.1, 0.15) is 21.1 Å². The Hall–Kier alpha value is -1.42. The lowest BCUT2D eigenvalue weighted by Crippen LogP contribution is -1.96. The lowest BCUT2D eigenvalue weighted by atomic mass is 10.2. The molecule has 0 atom stereocenters. The third-order valence-corrected chi connectivity index (χ3v) is 3.61. The molecule has 90 valence electrons. The summed E-state index contributed by atoms with van der Waals surface area (Å²) in [6, 6.07) is 4.52. The number of hydrogen-bond acceptors (Lipinski definition) is 3. The molecule has 0 radical (unpaired) electrons. The largest absolute Gasteiger partial charge is 0.486 e. The van der Waals surface area contributed by atoms with Gasteiger partial charge in [-0.15, -0.1) is 11.3 Å². The van der Waals surface area contributed by atoms with Crippen LogP contribution in [0.25, 0.3) is 0 Å². The summed E-state index contributed by atoms with van der Waals surface area (Å²) in [6.45, 7) is 6.29. The zero-order valence-electron chi connectivity index (χ0n) is 10.1. The fourth-order valence-corrected chi connectivity index (χ4v) is 2.36. The number of ether oxygens (including phenoxy) is 1. The van der Waals surface area contributed by atoms with E-state index in [9.17, 15) is 4.39 Å². The maximum absolute atomic E-state index is 12.9. The van der Waals surface area contributed by atoms with Crippen LogP contribution < -0.4 is 4.74 Å². The number of hydrogen-bond donors (Lipinski definition) is 0. The molecule has 0 fully saturated rings. The first-order valence-electron chi connectivity index (χ1n) is 5.38. The highest BCUT2D eigenvalue weighted by atomic mass is 32.1. The van der Waals surface area contributed by atoms with Gasteiger partial charge in [-0.25, -0.2) is 9.37 Å². The van der Waals surface area contributed by atoms with Gasteiger partial charge in [-0.1, -0.05) is 0 Å². The molecule has 0 unspecified atom stereocenters. The molecule has 0 aliphatic rings. The van der Waals surface area contributed by atoms with Crippen molar-refractivity contribution in [2.75, 3.05) is 0 Å². The van der Waals surface area contributed by atoms with Gasteiger partial charge in [0.25, 0.3) is 0 Å². The molecule has 2 rings (SSSR count). The van der Waals surface area contributed by atoms with Gasteiger partial charge in [-0.2, -0.15) is 0 Å². The second-order valence-electron chi connectivity index (χ2n) is 3.95. The van der Waals surface area contributed by atoms with E-state index in [0.29, 0.717) is 12.4 Å². The van der Waals surface area contributed by atoms with E-state index >= 15 is 0 Å². The number of aryl methyl sites for hydroxylation is 3. The second-order valence-corrected chi connectivity index (χ2v) is 5.24. The van der Waals surface area contributed by atoms with Crippen LogP contribution in [0, 0.1) is 26.6 Å². The highest BCUT2D eigenvalue weighted by Crippen LogP contribution is 2.22. The van der Waals surface area contributed by atoms with Crippen LogP contribution in [0.3, 0.4) is 0 Å². The summed E-state index contributed by atoms with van der Waals surface area (Å²) in [7, 11) is 0. The van der Waals surface area contributed by atoms with E-state index in [0.717, 1.165) is 16.3 Å². The van der Waals surface area contributed by atoms with Gasteiger partial charge in [0.1, 0.15) is 23.2 Å². The van der Waals surface area contributed by atoms with Gasteiger partial charge in [-0.05, 0) is 44.5 Å². The Morgan fingerprint density at radius 3 is 2.65 bits per heavy atom. The Bertz CT molecular complexity index is 517. The van der Waals surface area contributed by atoms with E-state index in [1.165, 1.54) is 17.0 Å². The second kappa shape index (κ2) is 4.84. The van der Waals surface area contributed by atoms with Crippen LogP contribution in [-0.4, -0.2) is 4.98 Å². The van der Waals surface area contributed by atoms with Crippen molar-refractivity contribution in [3.8, 4) is 5.75 Å². The maximum atomic E-state index is 12.9. The summed E-state index contributed by atoms with van der Waals surface area (Å²) in [4.78, 5) is 5.60. The molecule has 0 saturated heterocycles. The molecule has 4 heteroatoms. The molecule has 1 heterocycles. The van der Waals surface area contributed by atoms with Crippen molar-refractivity contribution in [2.24, 2.45) is 0 Å². The normalized spacial score (nSPS) is 10.6. The molecule has 1 aromatic heterocycles. The molecule has 0 N–H and O–H groups in total. The first-order valence-corrected chi connectivity index (χ1v) is 6.20. The van der Waals surface area contributed by atoms with Crippen LogP contribution in [0.2, 0.25) is 0 Å². The molecule has 0 amide bonds. The minimum atomic E-state index is -0.240. The molecular formula is C13H14FNOS. The molecule has 2 aromatic rings. The summed E-state index contributed by atoms with van der Waals surface area (Å²) in [5, 5.41) is 0.948. The van der Waals surface area contributed by atoms with Crippen molar-refractivity contribution in [3.63, 3.8) is 0 Å². The number of thiazole rings is 1. The summed E-state index contributed by atoms with van der Waals surface area (Å²) in [5.74, 6) is 0.465. The van der Waals surface area contributed by atoms with Crippen LogP contribution in [-0.2, 0) is 6.61 Å². The van der Waals surface area contributed by atoms with Crippen molar-refractivity contribution in [1.29, 1.82) is 0 Å². The smallest absolute Gasteiger partial charge is 0.140 e. The third kappa shape index (κ3) is 2.82. The number of halogens is 1. The predicted octanol–water partition coefficient (Wildman–Crippen LogP) is 3.79. The standard InChI is InChI=1S/C13H14FNOS/c1-8-6-11(14)4-5-12(8)16-7-13-15-9(2)10(3)17-13/h4-6H,7H2,1-3H3. The molecule has 0 bridgehead atoms. The Labute approximate surface area is 104 Å². The average Bonchev–Trinajstić information content (AvgIpc) is 2.57. The first-order chi connectivity index (χ1) is 8.06. The van der Waals surface area contributed by atoms with Gasteiger partial charge in [0.05, 0.1) is 5.69 Å². The summed E-state index contributed by atoms with van der Waals surface area (Å²) in [5.41, 5.74) is 1.85. The Morgan fingerprint density at radius 1 is 1.29 bits per heavy atom. The summed E-state index contributed by atoms with van der Waals surface area (Å²) < 4.78 is 18.5. The number of aromatic nitrogens is 1. The fraction of sp³-hybridized carbons (Fsp3) is 0.308. The Kier molecular flexibility index (Phi) is 3.43. The fourth-order valence-electron chi connectivity index (χ4n) is 1.52. The Morgan fingerprint density at radius 2 is 2.06 bits per heavy atom. The average molecular weight is 251 g/mol. The molecule has 17 heavy (non-hydrogen) atoms. The number of benzene rings is 1. The molecule has 0 aliphatic heterocycles. The highest BCUT2D eigenvalue weighted by Gasteiger charge is 2.06. The van der Waals surface area contributed by atoms with E-state index < -0.39 is 0 Å². The van der Waals surface area contributed by atoms with Gasteiger partial charge >= 0.3 is 0 Å². The molecule has 1 aromatic carbocycles. The zero-order chi connectivity index (χ0) is 12.4. The van der Waals surface area contributed by atoms with Gasteiger partial charge in [0.15, 0.2) is 0 Å². The minimum Gasteiger partial charge on any atom is -0.486 e. The van der Waals surface area contributed by atoms with Crippen molar-refractivity contribution in [3.05, 3.63) is 45.2 Å². The van der Waals surface area contributed by atoms with Gasteiger partial charge in [0, 0.05) is 4.88 Å². The van der Waals surface area contributed by atoms with Crippen LogP contribution in [0.15, 0.2) is 18.2 Å². The summed E-state index contributed by atoms with van der Waals surface area (Å²) >= 11 is 1.63. The molecular weight excluding hydrogens is 237 g/mol. The van der Waals surface area contributed by atoms with Gasteiger partial charge < -0.3 is 4.74 Å². The van der Waals surface area contributed by atoms with E-state index in [4.69, 9.17) is 4.74 Å². The van der Waals surface area contributed by atoms with Crippen LogP contribution >= 0.6 is 11.3 Å². The lowest BCUT2D eigenvalue weighted by Gasteiger charge is -2.07. The van der Waals surface area contributed by atoms with E-state index in [1.807, 2.05) is 20.8 Å². The quantitative estimate of drug-likeness (QED) is 0.828. The van der Waals surface area contributed by atoms with Gasteiger partial charge in [-0.3, -0.25) is 0 Å². The molecule has 2 nitrogen and oxygen atoms in total. The molecule has 0 saturated carbocycles. The van der Waals surface area contributed by atoms with Crippen molar-refractivity contribution >= 4 is 11.3 Å². The first kappa shape index (κ1) is 12.0. The lowest BCUT2D eigenvalue weighted by molar-refractivity contribution is 0.303. The SMILES string of the molecule is Cc1cc(F)ccc1OCc1nc(C)c(C)s1. The highest BCUT2D eigenvalue weighted by molar-refractivity contribution is 7.11. The predicted molar refractivity (Wildman–Crippen MR) is 67.1 cm³/mol. The number of nitrogens with zero attached hydrogens (tertiary/aromatic N) is 1. The third-order valence-electron chi connectivity index (χ3n) is 2.56. The monoisotopic (exact) mass is 251 g/mol. The van der Waals surface area contributed by atoms with Crippen LogP contribution in [0.5, 0.6) is 5.75 Å². The molecule has 0 spiro atoms.